The Morgan fingerprint density at radius 1 is 0.320 bits per heavy atom. The van der Waals surface area contributed by atoms with Crippen LogP contribution in [0.2, 0.25) is 0 Å². The van der Waals surface area contributed by atoms with Gasteiger partial charge in [0.05, 0.1) is 22.7 Å². The van der Waals surface area contributed by atoms with Gasteiger partial charge in [0.25, 0.3) is 0 Å². The van der Waals surface area contributed by atoms with Gasteiger partial charge in [-0.3, -0.25) is 4.90 Å². The molecule has 1 aliphatic heterocycles. The number of hydrogen-bond donors (Lipinski definition) is 0. The molecule has 6 heteroatoms. The molecule has 0 unspecified atom stereocenters. The predicted molar refractivity (Wildman–Crippen MR) is 202 cm³/mol. The van der Waals surface area contributed by atoms with Gasteiger partial charge in [-0.2, -0.15) is 0 Å². The molecule has 0 fully saturated rings. The number of benzene rings is 6. The maximum absolute atomic E-state index is 4.91. The zero-order valence-corrected chi connectivity index (χ0v) is 27.0. The van der Waals surface area contributed by atoms with Gasteiger partial charge >= 0.3 is 0 Å². The Hall–Kier alpha value is -6.92. The summed E-state index contributed by atoms with van der Waals surface area (Å²) in [4.78, 5) is 24.1. The van der Waals surface area contributed by atoms with E-state index in [1.54, 1.807) is 0 Å². The molecule has 0 saturated carbocycles. The Labute approximate surface area is 290 Å². The number of fused-ring (bicyclic) bond motifs is 2. The van der Waals surface area contributed by atoms with E-state index in [2.05, 4.69) is 119 Å². The van der Waals surface area contributed by atoms with Crippen molar-refractivity contribution in [3.05, 3.63) is 182 Å². The molecule has 0 aliphatic carbocycles. The van der Waals surface area contributed by atoms with Crippen molar-refractivity contribution >= 4 is 34.3 Å². The van der Waals surface area contributed by atoms with Crippen LogP contribution < -0.4 is 9.80 Å². The molecular formula is C44H30N6. The largest absolute Gasteiger partial charge is 0.306 e. The molecule has 6 aromatic carbocycles. The Morgan fingerprint density at radius 2 is 0.720 bits per heavy atom. The average Bonchev–Trinajstić information content (AvgIpc) is 3.21. The summed E-state index contributed by atoms with van der Waals surface area (Å²) < 4.78 is 0. The van der Waals surface area contributed by atoms with Crippen LogP contribution in [0.4, 0.5) is 34.3 Å². The van der Waals surface area contributed by atoms with Crippen LogP contribution in [0.3, 0.4) is 0 Å². The summed E-state index contributed by atoms with van der Waals surface area (Å²) in [7, 11) is 0. The quantitative estimate of drug-likeness (QED) is 0.180. The summed E-state index contributed by atoms with van der Waals surface area (Å²) in [6, 6.07) is 60.2. The highest BCUT2D eigenvalue weighted by molar-refractivity contribution is 6.01. The van der Waals surface area contributed by atoms with Crippen LogP contribution in [0.5, 0.6) is 0 Å². The molecule has 0 saturated heterocycles. The number of rotatable bonds is 6. The fraction of sp³-hybridized carbons (Fsp3) is 0. The monoisotopic (exact) mass is 642 g/mol. The predicted octanol–water partition coefficient (Wildman–Crippen LogP) is 11.2. The first-order valence-corrected chi connectivity index (χ1v) is 16.6. The van der Waals surface area contributed by atoms with Crippen LogP contribution in [0.15, 0.2) is 182 Å². The standard InChI is InChI=1S/C44H30N6/c1-4-14-32(15-5-1)42-46-43(33-16-6-2-7-17-33)48-44(47-42)34-26-24-31(25-27-34)35-28-29-45-41(30-35)50-39-22-12-10-20-37(39)49(36-18-8-3-9-19-36)38-21-11-13-23-40(38)50/h1-30H. The first-order chi connectivity index (χ1) is 24.8. The molecule has 1 aliphatic rings. The van der Waals surface area contributed by atoms with Gasteiger partial charge in [-0.25, -0.2) is 19.9 Å². The lowest BCUT2D eigenvalue weighted by Crippen LogP contribution is -2.24. The summed E-state index contributed by atoms with van der Waals surface area (Å²) in [6.45, 7) is 0. The molecule has 6 nitrogen and oxygen atoms in total. The van der Waals surface area contributed by atoms with Gasteiger partial charge in [0, 0.05) is 28.6 Å². The van der Waals surface area contributed by atoms with Crippen molar-refractivity contribution < 1.29 is 0 Å². The Bertz CT molecular complexity index is 2330. The lowest BCUT2D eigenvalue weighted by molar-refractivity contribution is 1.07. The number of anilines is 6. The van der Waals surface area contributed by atoms with Crippen LogP contribution in [-0.4, -0.2) is 19.9 Å². The normalized spacial score (nSPS) is 11.9. The number of pyridine rings is 1. The van der Waals surface area contributed by atoms with E-state index in [0.29, 0.717) is 17.5 Å². The third-order valence-electron chi connectivity index (χ3n) is 8.89. The SMILES string of the molecule is c1ccc(-c2nc(-c3ccccc3)nc(-c3ccc(-c4ccnc(N5c6ccccc6N(c6ccccc6)c6ccccc65)c4)cc3)n2)cc1. The molecule has 236 valence electrons. The molecule has 3 heterocycles. The van der Waals surface area contributed by atoms with E-state index >= 15 is 0 Å². The second-order valence-electron chi connectivity index (χ2n) is 12.0. The number of nitrogens with zero attached hydrogens (tertiary/aromatic N) is 6. The lowest BCUT2D eigenvalue weighted by atomic mass is 10.0. The van der Waals surface area contributed by atoms with Crippen molar-refractivity contribution in [2.24, 2.45) is 0 Å². The lowest BCUT2D eigenvalue weighted by Gasteiger charge is -2.39. The minimum atomic E-state index is 0.629. The molecular weight excluding hydrogens is 613 g/mol. The summed E-state index contributed by atoms with van der Waals surface area (Å²) in [5.41, 5.74) is 10.4. The second kappa shape index (κ2) is 12.6. The van der Waals surface area contributed by atoms with Crippen LogP contribution in [0.25, 0.3) is 45.3 Å². The molecule has 0 atom stereocenters. The van der Waals surface area contributed by atoms with E-state index in [1.807, 2.05) is 72.9 Å². The fourth-order valence-corrected chi connectivity index (χ4v) is 6.52. The van der Waals surface area contributed by atoms with Crippen molar-refractivity contribution in [3.8, 4) is 45.3 Å². The minimum Gasteiger partial charge on any atom is -0.306 e. The van der Waals surface area contributed by atoms with Crippen molar-refractivity contribution in [2.45, 2.75) is 0 Å². The number of para-hydroxylation sites is 5. The fourth-order valence-electron chi connectivity index (χ4n) is 6.52. The summed E-state index contributed by atoms with van der Waals surface area (Å²) >= 11 is 0. The molecule has 0 amide bonds. The van der Waals surface area contributed by atoms with Gasteiger partial charge in [-0.05, 0) is 59.7 Å². The van der Waals surface area contributed by atoms with Crippen LogP contribution >= 0.6 is 0 Å². The highest BCUT2D eigenvalue weighted by Gasteiger charge is 2.30. The van der Waals surface area contributed by atoms with Crippen molar-refractivity contribution in [2.75, 3.05) is 9.80 Å². The van der Waals surface area contributed by atoms with Gasteiger partial charge in [0.15, 0.2) is 17.5 Å². The molecule has 0 N–H and O–H groups in total. The van der Waals surface area contributed by atoms with Crippen molar-refractivity contribution in [3.63, 3.8) is 0 Å². The average molecular weight is 643 g/mol. The maximum Gasteiger partial charge on any atom is 0.164 e. The van der Waals surface area contributed by atoms with Gasteiger partial charge < -0.3 is 4.90 Å². The first-order valence-electron chi connectivity index (χ1n) is 16.6. The van der Waals surface area contributed by atoms with Gasteiger partial charge in [-0.1, -0.05) is 127 Å². The first kappa shape index (κ1) is 29.2. The zero-order chi connectivity index (χ0) is 33.3. The molecule has 0 bridgehead atoms. The Kier molecular flexibility index (Phi) is 7.37. The Morgan fingerprint density at radius 3 is 1.22 bits per heavy atom. The van der Waals surface area contributed by atoms with E-state index < -0.39 is 0 Å². The van der Waals surface area contributed by atoms with E-state index in [1.165, 1.54) is 0 Å². The molecule has 8 aromatic rings. The highest BCUT2D eigenvalue weighted by Crippen LogP contribution is 2.53. The second-order valence-corrected chi connectivity index (χ2v) is 12.0. The molecule has 0 spiro atoms. The highest BCUT2D eigenvalue weighted by atomic mass is 15.3. The Balaban J connectivity index is 1.09. The van der Waals surface area contributed by atoms with E-state index in [4.69, 9.17) is 19.9 Å². The summed E-state index contributed by atoms with van der Waals surface area (Å²) in [6.07, 6.45) is 1.89. The van der Waals surface area contributed by atoms with E-state index in [9.17, 15) is 0 Å². The molecule has 0 radical (unpaired) electrons. The molecule has 2 aromatic heterocycles. The maximum atomic E-state index is 4.91. The summed E-state index contributed by atoms with van der Waals surface area (Å²) in [5.74, 6) is 2.76. The third-order valence-corrected chi connectivity index (χ3v) is 8.89. The van der Waals surface area contributed by atoms with Crippen LogP contribution in [-0.2, 0) is 0 Å². The van der Waals surface area contributed by atoms with Crippen LogP contribution in [0, 0.1) is 0 Å². The molecule has 50 heavy (non-hydrogen) atoms. The van der Waals surface area contributed by atoms with Crippen molar-refractivity contribution in [1.82, 2.24) is 19.9 Å². The smallest absolute Gasteiger partial charge is 0.164 e. The van der Waals surface area contributed by atoms with Crippen molar-refractivity contribution in [1.29, 1.82) is 0 Å². The minimum absolute atomic E-state index is 0.629. The number of aromatic nitrogens is 4. The third kappa shape index (κ3) is 5.35. The van der Waals surface area contributed by atoms with Gasteiger partial charge in [0.1, 0.15) is 5.82 Å². The zero-order valence-electron chi connectivity index (χ0n) is 27.0. The topological polar surface area (TPSA) is 58.0 Å². The van der Waals surface area contributed by atoms with Gasteiger partial charge in [-0.15, -0.1) is 0 Å². The van der Waals surface area contributed by atoms with Gasteiger partial charge in [0.2, 0.25) is 0 Å². The van der Waals surface area contributed by atoms with E-state index in [0.717, 1.165) is 62.1 Å². The summed E-state index contributed by atoms with van der Waals surface area (Å²) in [5, 5.41) is 0. The molecule has 9 rings (SSSR count). The number of hydrogen-bond acceptors (Lipinski definition) is 6. The van der Waals surface area contributed by atoms with Crippen LogP contribution in [0.1, 0.15) is 0 Å². The van der Waals surface area contributed by atoms with E-state index in [-0.39, 0.29) is 0 Å².